The van der Waals surface area contributed by atoms with Gasteiger partial charge in [0.2, 0.25) is 0 Å². The summed E-state index contributed by atoms with van der Waals surface area (Å²) in [6.45, 7) is 4.95. The van der Waals surface area contributed by atoms with Crippen molar-refractivity contribution >= 4 is 17.7 Å². The van der Waals surface area contributed by atoms with Gasteiger partial charge in [-0.25, -0.2) is 0 Å². The van der Waals surface area contributed by atoms with Gasteiger partial charge in [-0.05, 0) is 126 Å². The largest absolute Gasteiger partial charge is 0.482 e. The third-order valence-electron chi connectivity index (χ3n) is 17.9. The molecule has 10 atom stereocenters. The Kier molecular flexibility index (Phi) is 9.18. The SMILES string of the molecule is CC1N(CC2CC2)C2C[C@]34c5c2ccc(OC(=O)CCCCCCCCC(=O)Oc2ccc6c7c2O[C@H]2C(=O)CC[C@@]8(O)C(C6)N(CC6CC6)CC[C@]728)c5O[C@H]3C(O)CC[C@@]14O. The molecule has 0 aromatic heterocycles. The van der Waals surface area contributed by atoms with Crippen LogP contribution < -0.4 is 18.9 Å². The van der Waals surface area contributed by atoms with Crippen molar-refractivity contribution < 1.29 is 48.7 Å². The zero-order chi connectivity index (χ0) is 42.3. The lowest BCUT2D eigenvalue weighted by atomic mass is 9.49. The quantitative estimate of drug-likeness (QED) is 0.111. The Morgan fingerprint density at radius 1 is 0.774 bits per heavy atom. The second-order valence-corrected chi connectivity index (χ2v) is 21.2. The van der Waals surface area contributed by atoms with Crippen molar-refractivity contribution in [3.63, 3.8) is 0 Å². The van der Waals surface area contributed by atoms with Gasteiger partial charge in [0, 0.05) is 61.6 Å². The van der Waals surface area contributed by atoms with Crippen LogP contribution in [-0.2, 0) is 31.6 Å². The third-order valence-corrected chi connectivity index (χ3v) is 17.9. The molecule has 6 aliphatic carbocycles. The maximum absolute atomic E-state index is 13.4. The number of esters is 2. The first-order chi connectivity index (χ1) is 30.0. The number of hydrogen-bond acceptors (Lipinski definition) is 12. The molecule has 4 aliphatic heterocycles. The van der Waals surface area contributed by atoms with Gasteiger partial charge in [0.25, 0.3) is 0 Å². The van der Waals surface area contributed by atoms with E-state index in [9.17, 15) is 29.7 Å². The smallest absolute Gasteiger partial charge is 0.311 e. The molecule has 6 fully saturated rings. The highest BCUT2D eigenvalue weighted by atomic mass is 16.6. The molecule has 4 bridgehead atoms. The minimum absolute atomic E-state index is 0.0275. The van der Waals surface area contributed by atoms with E-state index >= 15 is 0 Å². The van der Waals surface area contributed by atoms with Crippen LogP contribution in [0.15, 0.2) is 24.3 Å². The molecule has 4 saturated carbocycles. The first-order valence-corrected chi connectivity index (χ1v) is 24.2. The maximum atomic E-state index is 13.4. The number of rotatable bonds is 15. The van der Waals surface area contributed by atoms with Crippen LogP contribution in [0.4, 0.5) is 0 Å². The second kappa shape index (κ2) is 14.2. The molecule has 332 valence electrons. The van der Waals surface area contributed by atoms with E-state index in [1.54, 1.807) is 0 Å². The van der Waals surface area contributed by atoms with Gasteiger partial charge < -0.3 is 34.3 Å². The molecule has 4 unspecified atom stereocenters. The van der Waals surface area contributed by atoms with Crippen molar-refractivity contribution in [2.24, 2.45) is 11.8 Å². The lowest BCUT2D eigenvalue weighted by molar-refractivity contribution is -0.205. The first kappa shape index (κ1) is 40.0. The fourth-order valence-electron chi connectivity index (χ4n) is 14.5. The minimum atomic E-state index is -1.05. The Morgan fingerprint density at radius 3 is 2.15 bits per heavy atom. The fourth-order valence-corrected chi connectivity index (χ4v) is 14.5. The predicted molar refractivity (Wildman–Crippen MR) is 225 cm³/mol. The molecule has 2 spiro atoms. The molecular formula is C50H62N2O10. The molecule has 0 amide bonds. The number of carbonyl (C=O) groups excluding carboxylic acids is 3. The molecule has 12 rings (SSSR count). The molecule has 3 N–H and O–H groups in total. The van der Waals surface area contributed by atoms with Gasteiger partial charge in [0.05, 0.1) is 28.1 Å². The molecule has 4 heterocycles. The Morgan fingerprint density at radius 2 is 1.44 bits per heavy atom. The predicted octanol–water partition coefficient (Wildman–Crippen LogP) is 5.90. The highest BCUT2D eigenvalue weighted by Gasteiger charge is 2.76. The van der Waals surface area contributed by atoms with E-state index in [-0.39, 0.29) is 48.7 Å². The number of Topliss-reactive ketones (excluding diaryl/α,β-unsaturated/α-hetero) is 1. The van der Waals surface area contributed by atoms with Crippen molar-refractivity contribution in [1.82, 2.24) is 9.80 Å². The van der Waals surface area contributed by atoms with Crippen molar-refractivity contribution in [3.05, 3.63) is 46.5 Å². The number of ketones is 1. The Balaban J connectivity index is 0.630. The number of aliphatic hydroxyl groups excluding tert-OH is 1. The van der Waals surface area contributed by atoms with Gasteiger partial charge in [-0.1, -0.05) is 37.8 Å². The number of likely N-dealkylation sites (tertiary alicyclic amines) is 2. The normalized spacial score (nSPS) is 38.0. The Bertz CT molecular complexity index is 2220. The van der Waals surface area contributed by atoms with Crippen LogP contribution in [0.25, 0.3) is 0 Å². The number of piperidine rings is 2. The minimum Gasteiger partial charge on any atom is -0.482 e. The maximum Gasteiger partial charge on any atom is 0.311 e. The second-order valence-electron chi connectivity index (χ2n) is 21.2. The third kappa shape index (κ3) is 5.57. The van der Waals surface area contributed by atoms with Crippen molar-refractivity contribution in [2.75, 3.05) is 19.6 Å². The van der Waals surface area contributed by atoms with Gasteiger partial charge in [-0.15, -0.1) is 0 Å². The van der Waals surface area contributed by atoms with Crippen molar-refractivity contribution in [3.8, 4) is 23.0 Å². The average Bonchev–Trinajstić information content (AvgIpc) is 4.16. The molecule has 62 heavy (non-hydrogen) atoms. The summed E-state index contributed by atoms with van der Waals surface area (Å²) in [5, 5.41) is 36.3. The summed E-state index contributed by atoms with van der Waals surface area (Å²) in [5.74, 6) is 2.51. The molecule has 12 nitrogen and oxygen atoms in total. The van der Waals surface area contributed by atoms with Crippen LogP contribution in [0.3, 0.4) is 0 Å². The zero-order valence-corrected chi connectivity index (χ0v) is 36.1. The van der Waals surface area contributed by atoms with E-state index in [4.69, 9.17) is 18.9 Å². The van der Waals surface area contributed by atoms with Crippen LogP contribution in [0.5, 0.6) is 23.0 Å². The summed E-state index contributed by atoms with van der Waals surface area (Å²) in [6, 6.07) is 7.79. The van der Waals surface area contributed by atoms with Crippen molar-refractivity contribution in [2.45, 2.75) is 187 Å². The number of carbonyl (C=O) groups is 3. The number of hydrogen-bond donors (Lipinski definition) is 3. The van der Waals surface area contributed by atoms with E-state index in [2.05, 4.69) is 22.8 Å². The van der Waals surface area contributed by atoms with Crippen molar-refractivity contribution in [1.29, 1.82) is 0 Å². The number of aliphatic hydroxyl groups is 3. The van der Waals surface area contributed by atoms with Crippen LogP contribution in [0.2, 0.25) is 0 Å². The molecule has 0 radical (unpaired) electrons. The van der Waals surface area contributed by atoms with Crippen LogP contribution in [-0.4, -0.2) is 104 Å². The Labute approximate surface area is 363 Å². The average molecular weight is 851 g/mol. The molecule has 2 saturated heterocycles. The van der Waals surface area contributed by atoms with Gasteiger partial charge in [0.1, 0.15) is 6.10 Å². The fraction of sp³-hybridized carbons (Fsp3) is 0.700. The summed E-state index contributed by atoms with van der Waals surface area (Å²) in [5.41, 5.74) is 0.491. The first-order valence-electron chi connectivity index (χ1n) is 24.2. The van der Waals surface area contributed by atoms with E-state index < -0.39 is 40.3 Å². The summed E-state index contributed by atoms with van der Waals surface area (Å²) < 4.78 is 24.9. The number of nitrogens with zero attached hydrogens (tertiary/aromatic N) is 2. The van der Waals surface area contributed by atoms with Crippen LogP contribution >= 0.6 is 0 Å². The molecule has 2 aromatic carbocycles. The van der Waals surface area contributed by atoms with E-state index in [1.165, 1.54) is 25.7 Å². The molecule has 2 aromatic rings. The number of ether oxygens (including phenoxy) is 4. The van der Waals surface area contributed by atoms with Gasteiger partial charge >= 0.3 is 11.9 Å². The topological polar surface area (TPSA) is 155 Å². The number of fused-ring (bicyclic) bond motifs is 2. The van der Waals surface area contributed by atoms with Gasteiger partial charge in [-0.2, -0.15) is 0 Å². The molecule has 10 aliphatic rings. The van der Waals surface area contributed by atoms with Crippen LogP contribution in [0.1, 0.15) is 151 Å². The zero-order valence-electron chi connectivity index (χ0n) is 36.1. The molecular weight excluding hydrogens is 789 g/mol. The monoisotopic (exact) mass is 850 g/mol. The molecule has 12 heteroatoms. The summed E-state index contributed by atoms with van der Waals surface area (Å²) in [7, 11) is 0. The van der Waals surface area contributed by atoms with E-state index in [0.717, 1.165) is 67.6 Å². The van der Waals surface area contributed by atoms with Crippen LogP contribution in [0, 0.1) is 11.8 Å². The summed E-state index contributed by atoms with van der Waals surface area (Å²) >= 11 is 0. The van der Waals surface area contributed by atoms with Gasteiger partial charge in [0.15, 0.2) is 34.9 Å². The van der Waals surface area contributed by atoms with E-state index in [0.29, 0.717) is 92.6 Å². The lowest BCUT2D eigenvalue weighted by Crippen LogP contribution is -2.76. The van der Waals surface area contributed by atoms with Gasteiger partial charge in [-0.3, -0.25) is 24.2 Å². The number of benzene rings is 2. The lowest BCUT2D eigenvalue weighted by Gasteiger charge is -2.62. The highest BCUT2D eigenvalue weighted by molar-refractivity contribution is 5.90. The standard InChI is InChI=1S/C50H62N2O10/c1-28-49(57)20-18-35(54)46-48(49)25-33(52(28)27-30-12-13-30)32-15-17-37(44(62-46)42(32)48)60-40(56)9-7-5-3-2-4-6-8-39(55)59-36-16-14-31-24-38-50(58)21-19-34(53)45-47(50,41(31)43(36)61-45)22-23-51(38)26-29-10-11-29/h14-17,28-30,33,35,38,45-46,54,57-58H,2-13,18-27H2,1H3/t28?,33?,35?,38?,45-,46-,47-,48-,49+,50+/m0/s1. The summed E-state index contributed by atoms with van der Waals surface area (Å²) in [6.07, 6.45) is 12.2. The Hall–Kier alpha value is -3.55. The number of unbranched alkanes of at least 4 members (excludes halogenated alkanes) is 5. The summed E-state index contributed by atoms with van der Waals surface area (Å²) in [4.78, 5) is 44.8. The highest BCUT2D eigenvalue weighted by Crippen LogP contribution is 2.71. The van der Waals surface area contributed by atoms with E-state index in [1.807, 2.05) is 18.2 Å².